The third-order valence-electron chi connectivity index (χ3n) is 5.39. The van der Waals surface area contributed by atoms with Crippen molar-refractivity contribution in [3.8, 4) is 0 Å². The van der Waals surface area contributed by atoms with Gasteiger partial charge in [0.15, 0.2) is 0 Å². The van der Waals surface area contributed by atoms with Gasteiger partial charge in [0.25, 0.3) is 6.47 Å². The number of hydrogen-bond acceptors (Lipinski definition) is 4. The molecule has 0 saturated heterocycles. The molecule has 0 aromatic carbocycles. The molecule has 0 aliphatic heterocycles. The van der Waals surface area contributed by atoms with Crippen LogP contribution in [-0.4, -0.2) is 35.4 Å². The fourth-order valence-electron chi connectivity index (χ4n) is 3.46. The molecule has 0 amide bonds. The smallest absolute Gasteiger partial charge is 0.305 e. The molecule has 4 unspecified atom stereocenters. The zero-order valence-electron chi connectivity index (χ0n) is 20.3. The third kappa shape index (κ3) is 13.6. The van der Waals surface area contributed by atoms with E-state index in [1.165, 1.54) is 25.7 Å². The second-order valence-corrected chi connectivity index (χ2v) is 7.84. The highest BCUT2D eigenvalue weighted by molar-refractivity contribution is 5.68. The Bertz CT molecular complexity index is 496. The van der Waals surface area contributed by atoms with Gasteiger partial charge in [0.2, 0.25) is 0 Å². The van der Waals surface area contributed by atoms with E-state index in [4.69, 9.17) is 10.2 Å². The maximum absolute atomic E-state index is 9.70. The second-order valence-electron chi connectivity index (χ2n) is 7.84. The van der Waals surface area contributed by atoms with Crippen LogP contribution in [0.15, 0.2) is 23.8 Å². The standard InChI is InChI=1S/C13H20.C6H12O3.C4H8O2.C2H6/c1-3-12-10(2)8-9-11-6-4-5-7-13(11)12;1-2-6(8)3-4-9-5-7;1-3(2)4(5)6;1-2/h6,8-10,12-13H,3-5,7H2,1-2H3;5-6,8H,2-4H2,1H3;3H,1-2H3,(H,5,6);1-2H3. The lowest BCUT2D eigenvalue weighted by molar-refractivity contribution is -0.140. The Labute approximate surface area is 184 Å². The number of carboxylic acid groups (broad SMARTS) is 1. The summed E-state index contributed by atoms with van der Waals surface area (Å²) < 4.78 is 4.37. The quantitative estimate of drug-likeness (QED) is 0.384. The molecule has 5 heteroatoms. The second kappa shape index (κ2) is 19.3. The number of hydrogen-bond donors (Lipinski definition) is 2. The minimum Gasteiger partial charge on any atom is -0.481 e. The summed E-state index contributed by atoms with van der Waals surface area (Å²) in [5.41, 5.74) is 1.64. The molecule has 0 spiro atoms. The summed E-state index contributed by atoms with van der Waals surface area (Å²) in [6.07, 6.45) is 13.6. The lowest BCUT2D eigenvalue weighted by Gasteiger charge is -2.36. The van der Waals surface area contributed by atoms with Gasteiger partial charge in [-0.2, -0.15) is 0 Å². The van der Waals surface area contributed by atoms with Gasteiger partial charge in [-0.25, -0.2) is 0 Å². The number of aliphatic hydroxyl groups excluding tert-OH is 1. The molecule has 2 rings (SSSR count). The van der Waals surface area contributed by atoms with Crippen molar-refractivity contribution < 1.29 is 24.5 Å². The van der Waals surface area contributed by atoms with Gasteiger partial charge in [-0.3, -0.25) is 9.59 Å². The summed E-state index contributed by atoms with van der Waals surface area (Å²) in [5.74, 6) is 1.63. The molecular formula is C25H46O5. The Balaban J connectivity index is 0. The molecule has 0 saturated carbocycles. The number of ether oxygens (including phenoxy) is 1. The SMILES string of the molecule is CC.CC(C)C(=O)O.CCC(O)CCOC=O.CCC1C(C)C=CC2=CCCCC21. The van der Waals surface area contributed by atoms with Crippen molar-refractivity contribution in [1.82, 2.24) is 0 Å². The van der Waals surface area contributed by atoms with Gasteiger partial charge < -0.3 is 14.9 Å². The van der Waals surface area contributed by atoms with Gasteiger partial charge in [-0.15, -0.1) is 0 Å². The van der Waals surface area contributed by atoms with E-state index in [2.05, 4.69) is 36.8 Å². The van der Waals surface area contributed by atoms with Gasteiger partial charge in [-0.05, 0) is 49.0 Å². The molecule has 2 aliphatic rings. The van der Waals surface area contributed by atoms with Crippen molar-refractivity contribution in [2.75, 3.05) is 6.61 Å². The summed E-state index contributed by atoms with van der Waals surface area (Å²) in [6.45, 7) is 14.6. The van der Waals surface area contributed by atoms with E-state index in [1.54, 1.807) is 19.4 Å². The zero-order valence-corrected chi connectivity index (χ0v) is 20.3. The Kier molecular flexibility index (Phi) is 19.7. The number of carbonyl (C=O) groups excluding carboxylic acids is 1. The molecular weight excluding hydrogens is 380 g/mol. The van der Waals surface area contributed by atoms with Crippen molar-refractivity contribution in [1.29, 1.82) is 0 Å². The van der Waals surface area contributed by atoms with E-state index in [0.717, 1.165) is 17.8 Å². The number of aliphatic carboxylic acids is 1. The third-order valence-corrected chi connectivity index (χ3v) is 5.39. The first-order chi connectivity index (χ1) is 14.3. The summed E-state index contributed by atoms with van der Waals surface area (Å²) >= 11 is 0. The van der Waals surface area contributed by atoms with E-state index in [1.807, 2.05) is 20.8 Å². The molecule has 30 heavy (non-hydrogen) atoms. The van der Waals surface area contributed by atoms with Crippen LogP contribution in [0.2, 0.25) is 0 Å². The number of carboxylic acids is 1. The van der Waals surface area contributed by atoms with Crippen molar-refractivity contribution >= 4 is 12.4 Å². The largest absolute Gasteiger partial charge is 0.481 e. The molecule has 0 aromatic rings. The topological polar surface area (TPSA) is 83.8 Å². The molecule has 5 nitrogen and oxygen atoms in total. The van der Waals surface area contributed by atoms with Crippen LogP contribution in [0.5, 0.6) is 0 Å². The van der Waals surface area contributed by atoms with Gasteiger partial charge in [-0.1, -0.05) is 73.1 Å². The number of carbonyl (C=O) groups is 2. The normalized spacial score (nSPS) is 22.4. The molecule has 0 fully saturated rings. The number of aliphatic hydroxyl groups is 1. The van der Waals surface area contributed by atoms with Crippen LogP contribution in [0.1, 0.15) is 87.0 Å². The minimum absolute atomic E-state index is 0.231. The van der Waals surface area contributed by atoms with Gasteiger partial charge in [0.05, 0.1) is 18.6 Å². The van der Waals surface area contributed by atoms with Crippen LogP contribution in [-0.2, 0) is 14.3 Å². The Morgan fingerprint density at radius 3 is 2.37 bits per heavy atom. The Morgan fingerprint density at radius 1 is 1.30 bits per heavy atom. The highest BCUT2D eigenvalue weighted by atomic mass is 16.5. The van der Waals surface area contributed by atoms with E-state index >= 15 is 0 Å². The maximum atomic E-state index is 9.70. The Hall–Kier alpha value is -1.62. The van der Waals surface area contributed by atoms with Crippen LogP contribution in [0.25, 0.3) is 0 Å². The predicted octanol–water partition coefficient (Wildman–Crippen LogP) is 6.02. The molecule has 0 radical (unpaired) electrons. The van der Waals surface area contributed by atoms with Crippen LogP contribution in [0.3, 0.4) is 0 Å². The fraction of sp³-hybridized carbons (Fsp3) is 0.760. The zero-order chi connectivity index (χ0) is 23.5. The first-order valence-electron chi connectivity index (χ1n) is 11.6. The van der Waals surface area contributed by atoms with E-state index in [-0.39, 0.29) is 12.0 Å². The molecule has 2 aliphatic carbocycles. The maximum Gasteiger partial charge on any atom is 0.305 e. The molecule has 2 N–H and O–H groups in total. The summed E-state index contributed by atoms with van der Waals surface area (Å²) in [5, 5.41) is 16.9. The fourth-order valence-corrected chi connectivity index (χ4v) is 3.46. The van der Waals surface area contributed by atoms with Crippen molar-refractivity contribution in [2.24, 2.45) is 23.7 Å². The van der Waals surface area contributed by atoms with Crippen molar-refractivity contribution in [2.45, 2.75) is 93.1 Å². The average Bonchev–Trinajstić information content (AvgIpc) is 2.76. The Morgan fingerprint density at radius 2 is 1.90 bits per heavy atom. The van der Waals surface area contributed by atoms with Crippen LogP contribution >= 0.6 is 0 Å². The van der Waals surface area contributed by atoms with Crippen LogP contribution < -0.4 is 0 Å². The van der Waals surface area contributed by atoms with E-state index < -0.39 is 5.97 Å². The number of allylic oxidation sites excluding steroid dienone is 4. The molecule has 176 valence electrons. The predicted molar refractivity (Wildman–Crippen MR) is 124 cm³/mol. The average molecular weight is 427 g/mol. The summed E-state index contributed by atoms with van der Waals surface area (Å²) in [7, 11) is 0. The molecule has 0 heterocycles. The monoisotopic (exact) mass is 426 g/mol. The van der Waals surface area contributed by atoms with Gasteiger partial charge in [0.1, 0.15) is 0 Å². The van der Waals surface area contributed by atoms with E-state index in [9.17, 15) is 9.59 Å². The first-order valence-corrected chi connectivity index (χ1v) is 11.6. The van der Waals surface area contributed by atoms with Crippen molar-refractivity contribution in [3.63, 3.8) is 0 Å². The van der Waals surface area contributed by atoms with Crippen LogP contribution in [0.4, 0.5) is 0 Å². The lowest BCUT2D eigenvalue weighted by atomic mass is 9.69. The highest BCUT2D eigenvalue weighted by Crippen LogP contribution is 2.41. The summed E-state index contributed by atoms with van der Waals surface area (Å²) in [6, 6.07) is 0. The number of rotatable bonds is 7. The lowest BCUT2D eigenvalue weighted by Crippen LogP contribution is -2.26. The first kappa shape index (κ1) is 30.6. The van der Waals surface area contributed by atoms with Gasteiger partial charge >= 0.3 is 5.97 Å². The van der Waals surface area contributed by atoms with Crippen molar-refractivity contribution in [3.05, 3.63) is 23.8 Å². The molecule has 4 atom stereocenters. The molecule has 0 aromatic heterocycles. The summed E-state index contributed by atoms with van der Waals surface area (Å²) in [4.78, 5) is 19.3. The molecule has 0 bridgehead atoms. The van der Waals surface area contributed by atoms with Crippen LogP contribution in [0, 0.1) is 23.7 Å². The van der Waals surface area contributed by atoms with E-state index in [0.29, 0.717) is 25.9 Å². The number of fused-ring (bicyclic) bond motifs is 1. The van der Waals surface area contributed by atoms with Gasteiger partial charge in [0, 0.05) is 6.42 Å². The highest BCUT2D eigenvalue weighted by Gasteiger charge is 2.30. The minimum atomic E-state index is -0.741.